The number of anilines is 2. The molecule has 2 rings (SSSR count). The molecule has 0 spiro atoms. The first-order valence-corrected chi connectivity index (χ1v) is 8.44. The van der Waals surface area contributed by atoms with Crippen LogP contribution in [0.15, 0.2) is 18.2 Å². The van der Waals surface area contributed by atoms with Crippen LogP contribution in [-0.4, -0.2) is 43.5 Å². The van der Waals surface area contributed by atoms with E-state index in [9.17, 15) is 4.79 Å². The third-order valence-electron chi connectivity index (χ3n) is 3.99. The van der Waals surface area contributed by atoms with Gasteiger partial charge in [-0.1, -0.05) is 32.4 Å². The molecule has 0 bridgehead atoms. The van der Waals surface area contributed by atoms with E-state index in [1.165, 1.54) is 0 Å². The van der Waals surface area contributed by atoms with Crippen molar-refractivity contribution in [3.05, 3.63) is 23.2 Å². The van der Waals surface area contributed by atoms with E-state index in [-0.39, 0.29) is 5.91 Å². The van der Waals surface area contributed by atoms with E-state index in [2.05, 4.69) is 22.0 Å². The number of likely N-dealkylation sites (N-methyl/N-ethyl adjacent to an activating group) is 1. The molecule has 1 amide bonds. The summed E-state index contributed by atoms with van der Waals surface area (Å²) in [5, 5.41) is 3.68. The molecule has 0 atom stereocenters. The van der Waals surface area contributed by atoms with Crippen LogP contribution in [0, 0.1) is 5.92 Å². The van der Waals surface area contributed by atoms with Crippen LogP contribution in [0.3, 0.4) is 0 Å². The zero-order valence-electron chi connectivity index (χ0n) is 13.7. The lowest BCUT2D eigenvalue weighted by Crippen LogP contribution is -2.46. The molecule has 0 unspecified atom stereocenters. The van der Waals surface area contributed by atoms with Crippen molar-refractivity contribution in [1.29, 1.82) is 0 Å². The molecule has 122 valence electrons. The molecule has 1 aliphatic heterocycles. The Morgan fingerprint density at radius 2 is 1.95 bits per heavy atom. The highest BCUT2D eigenvalue weighted by molar-refractivity contribution is 6.31. The second-order valence-electron chi connectivity index (χ2n) is 6.23. The summed E-state index contributed by atoms with van der Waals surface area (Å²) in [6.45, 7) is 11.4. The molecule has 1 aliphatic rings. The van der Waals surface area contributed by atoms with Crippen LogP contribution >= 0.6 is 11.6 Å². The van der Waals surface area contributed by atoms with Gasteiger partial charge in [0, 0.05) is 37.6 Å². The van der Waals surface area contributed by atoms with Gasteiger partial charge < -0.3 is 15.1 Å². The van der Waals surface area contributed by atoms with Crippen molar-refractivity contribution < 1.29 is 4.79 Å². The Morgan fingerprint density at radius 1 is 1.27 bits per heavy atom. The first-order chi connectivity index (χ1) is 10.5. The van der Waals surface area contributed by atoms with E-state index in [1.54, 1.807) is 0 Å². The Kier molecular flexibility index (Phi) is 6.09. The lowest BCUT2D eigenvalue weighted by molar-refractivity contribution is -0.116. The zero-order chi connectivity index (χ0) is 16.1. The predicted molar refractivity (Wildman–Crippen MR) is 93.9 cm³/mol. The Hall–Kier alpha value is -1.26. The standard InChI is InChI=1S/C17H26ClN3O/c1-4-20-7-9-21(10-8-20)16-6-5-14(18)12-15(16)19-17(22)11-13(2)3/h5-6,12-13H,4,7-11H2,1-3H3,(H,19,22). The maximum Gasteiger partial charge on any atom is 0.224 e. The molecule has 0 aromatic heterocycles. The highest BCUT2D eigenvalue weighted by Crippen LogP contribution is 2.30. The zero-order valence-corrected chi connectivity index (χ0v) is 14.5. The molecule has 1 fully saturated rings. The first-order valence-electron chi connectivity index (χ1n) is 8.06. The molecule has 5 heteroatoms. The molecule has 1 N–H and O–H groups in total. The highest BCUT2D eigenvalue weighted by atomic mass is 35.5. The molecular weight excluding hydrogens is 298 g/mol. The maximum absolute atomic E-state index is 12.1. The largest absolute Gasteiger partial charge is 0.367 e. The Bertz CT molecular complexity index is 511. The summed E-state index contributed by atoms with van der Waals surface area (Å²) >= 11 is 6.11. The summed E-state index contributed by atoms with van der Waals surface area (Å²) in [5.74, 6) is 0.390. The van der Waals surface area contributed by atoms with Gasteiger partial charge in [0.05, 0.1) is 11.4 Å². The maximum atomic E-state index is 12.1. The van der Waals surface area contributed by atoms with Gasteiger partial charge in [-0.2, -0.15) is 0 Å². The average molecular weight is 324 g/mol. The summed E-state index contributed by atoms with van der Waals surface area (Å²) in [5.41, 5.74) is 1.89. The van der Waals surface area contributed by atoms with E-state index >= 15 is 0 Å². The Morgan fingerprint density at radius 3 is 2.55 bits per heavy atom. The summed E-state index contributed by atoms with van der Waals surface area (Å²) in [4.78, 5) is 16.8. The minimum absolute atomic E-state index is 0.0470. The molecule has 22 heavy (non-hydrogen) atoms. The number of carbonyl (C=O) groups is 1. The van der Waals surface area contributed by atoms with Crippen molar-refractivity contribution in [2.45, 2.75) is 27.2 Å². The molecule has 0 saturated carbocycles. The quantitative estimate of drug-likeness (QED) is 0.901. The molecule has 0 aliphatic carbocycles. The third-order valence-corrected chi connectivity index (χ3v) is 4.22. The lowest BCUT2D eigenvalue weighted by Gasteiger charge is -2.36. The summed E-state index contributed by atoms with van der Waals surface area (Å²) in [6, 6.07) is 5.75. The normalized spacial score (nSPS) is 16.1. The van der Waals surface area contributed by atoms with Crippen LogP contribution in [0.1, 0.15) is 27.2 Å². The van der Waals surface area contributed by atoms with Gasteiger partial charge in [-0.3, -0.25) is 4.79 Å². The molecule has 1 saturated heterocycles. The predicted octanol–water partition coefficient (Wildman–Crippen LogP) is 3.47. The Labute approximate surface area is 138 Å². The van der Waals surface area contributed by atoms with Crippen LogP contribution in [0.4, 0.5) is 11.4 Å². The van der Waals surface area contributed by atoms with Gasteiger partial charge in [0.2, 0.25) is 5.91 Å². The van der Waals surface area contributed by atoms with E-state index in [1.807, 2.05) is 32.0 Å². The number of nitrogens with zero attached hydrogens (tertiary/aromatic N) is 2. The fraction of sp³-hybridized carbons (Fsp3) is 0.588. The number of hydrogen-bond acceptors (Lipinski definition) is 3. The molecule has 0 radical (unpaired) electrons. The number of nitrogens with one attached hydrogen (secondary N) is 1. The van der Waals surface area contributed by atoms with Crippen molar-refractivity contribution in [2.24, 2.45) is 5.92 Å². The number of amides is 1. The number of halogens is 1. The first kappa shape index (κ1) is 17.1. The van der Waals surface area contributed by atoms with Gasteiger partial charge >= 0.3 is 0 Å². The van der Waals surface area contributed by atoms with Gasteiger partial charge in [-0.15, -0.1) is 0 Å². The minimum atomic E-state index is 0.0470. The molecular formula is C17H26ClN3O. The van der Waals surface area contributed by atoms with E-state index in [0.29, 0.717) is 17.4 Å². The van der Waals surface area contributed by atoms with E-state index in [4.69, 9.17) is 11.6 Å². The minimum Gasteiger partial charge on any atom is -0.367 e. The fourth-order valence-electron chi connectivity index (χ4n) is 2.76. The summed E-state index contributed by atoms with van der Waals surface area (Å²) in [6.07, 6.45) is 0.523. The topological polar surface area (TPSA) is 35.6 Å². The van der Waals surface area contributed by atoms with Crippen LogP contribution in [0.2, 0.25) is 5.02 Å². The summed E-state index contributed by atoms with van der Waals surface area (Å²) < 4.78 is 0. The van der Waals surface area contributed by atoms with Gasteiger partial charge in [-0.25, -0.2) is 0 Å². The van der Waals surface area contributed by atoms with Crippen LogP contribution in [-0.2, 0) is 4.79 Å². The van der Waals surface area contributed by atoms with Crippen molar-refractivity contribution in [3.63, 3.8) is 0 Å². The third kappa shape index (κ3) is 4.62. The monoisotopic (exact) mass is 323 g/mol. The van der Waals surface area contributed by atoms with Crippen molar-refractivity contribution in [2.75, 3.05) is 42.9 Å². The number of piperazine rings is 1. The fourth-order valence-corrected chi connectivity index (χ4v) is 2.93. The van der Waals surface area contributed by atoms with Gasteiger partial charge in [-0.05, 0) is 30.7 Å². The molecule has 4 nitrogen and oxygen atoms in total. The number of rotatable bonds is 5. The average Bonchev–Trinajstić information content (AvgIpc) is 2.47. The smallest absolute Gasteiger partial charge is 0.224 e. The molecule has 1 heterocycles. The second kappa shape index (κ2) is 7.84. The highest BCUT2D eigenvalue weighted by Gasteiger charge is 2.19. The second-order valence-corrected chi connectivity index (χ2v) is 6.67. The van der Waals surface area contributed by atoms with Crippen LogP contribution < -0.4 is 10.2 Å². The van der Waals surface area contributed by atoms with E-state index in [0.717, 1.165) is 44.1 Å². The van der Waals surface area contributed by atoms with Gasteiger partial charge in [0.15, 0.2) is 0 Å². The molecule has 1 aromatic carbocycles. The van der Waals surface area contributed by atoms with E-state index < -0.39 is 0 Å². The van der Waals surface area contributed by atoms with Crippen molar-refractivity contribution in [1.82, 2.24) is 4.90 Å². The number of carbonyl (C=O) groups excluding carboxylic acids is 1. The SMILES string of the molecule is CCN1CCN(c2ccc(Cl)cc2NC(=O)CC(C)C)CC1. The Balaban J connectivity index is 2.12. The van der Waals surface area contributed by atoms with Crippen LogP contribution in [0.5, 0.6) is 0 Å². The lowest BCUT2D eigenvalue weighted by atomic mass is 10.1. The van der Waals surface area contributed by atoms with Gasteiger partial charge in [0.1, 0.15) is 0 Å². The van der Waals surface area contributed by atoms with Crippen LogP contribution in [0.25, 0.3) is 0 Å². The van der Waals surface area contributed by atoms with Crippen molar-refractivity contribution in [3.8, 4) is 0 Å². The number of benzene rings is 1. The summed E-state index contributed by atoms with van der Waals surface area (Å²) in [7, 11) is 0. The van der Waals surface area contributed by atoms with Crippen molar-refractivity contribution >= 4 is 28.9 Å². The number of hydrogen-bond donors (Lipinski definition) is 1. The van der Waals surface area contributed by atoms with Gasteiger partial charge in [0.25, 0.3) is 0 Å². The molecule has 1 aromatic rings.